The zero-order valence-corrected chi connectivity index (χ0v) is 21.7. The Labute approximate surface area is 211 Å². The standard InChI is InChI=1S/C23H29N3O8S2/c1-32-21-7-5-17(15-19(21)23(27)25-11-13-34-14-12-25)35(28,29)24-20-16-18(6-8-22(20)33-2)36(30,31)26-9-3-4-10-26/h5-8,15-16,24H,3-4,9-14H2,1-2H3. The first-order valence-electron chi connectivity index (χ1n) is 11.4. The largest absolute Gasteiger partial charge is 0.496 e. The summed E-state index contributed by atoms with van der Waals surface area (Å²) in [6.45, 7) is 2.38. The Morgan fingerprint density at radius 2 is 1.47 bits per heavy atom. The van der Waals surface area contributed by atoms with E-state index in [1.807, 2.05) is 0 Å². The van der Waals surface area contributed by atoms with Crippen molar-refractivity contribution in [3.8, 4) is 11.5 Å². The molecule has 0 aromatic heterocycles. The summed E-state index contributed by atoms with van der Waals surface area (Å²) < 4.78 is 72.3. The van der Waals surface area contributed by atoms with Crippen molar-refractivity contribution in [1.29, 1.82) is 0 Å². The molecule has 2 aromatic carbocycles. The first kappa shape index (κ1) is 26.2. The van der Waals surface area contributed by atoms with Crippen molar-refractivity contribution in [3.63, 3.8) is 0 Å². The van der Waals surface area contributed by atoms with E-state index in [1.54, 1.807) is 4.90 Å². The van der Waals surface area contributed by atoms with Gasteiger partial charge in [-0.05, 0) is 49.2 Å². The molecule has 2 saturated heterocycles. The number of anilines is 1. The summed E-state index contributed by atoms with van der Waals surface area (Å²) in [6, 6.07) is 8.00. The zero-order valence-electron chi connectivity index (χ0n) is 20.1. The molecule has 2 fully saturated rings. The number of carbonyl (C=O) groups is 1. The summed E-state index contributed by atoms with van der Waals surface area (Å²) in [4.78, 5) is 14.4. The Morgan fingerprint density at radius 1 is 0.861 bits per heavy atom. The molecule has 0 saturated carbocycles. The third kappa shape index (κ3) is 5.28. The first-order valence-corrected chi connectivity index (χ1v) is 14.4. The molecule has 0 aliphatic carbocycles. The van der Waals surface area contributed by atoms with E-state index >= 15 is 0 Å². The summed E-state index contributed by atoms with van der Waals surface area (Å²) in [7, 11) is -5.25. The van der Waals surface area contributed by atoms with Gasteiger partial charge in [0, 0.05) is 26.2 Å². The quantitative estimate of drug-likeness (QED) is 0.537. The van der Waals surface area contributed by atoms with Gasteiger partial charge in [-0.1, -0.05) is 0 Å². The summed E-state index contributed by atoms with van der Waals surface area (Å²) in [5.41, 5.74) is 0.0641. The number of nitrogens with zero attached hydrogens (tertiary/aromatic N) is 2. The van der Waals surface area contributed by atoms with Gasteiger partial charge in [-0.3, -0.25) is 9.52 Å². The fourth-order valence-corrected chi connectivity index (χ4v) is 6.80. The van der Waals surface area contributed by atoms with Crippen molar-refractivity contribution in [2.24, 2.45) is 0 Å². The van der Waals surface area contributed by atoms with Crippen LogP contribution in [0.15, 0.2) is 46.2 Å². The number of hydrogen-bond donors (Lipinski definition) is 1. The fraction of sp³-hybridized carbons (Fsp3) is 0.435. The van der Waals surface area contributed by atoms with Crippen LogP contribution in [0.4, 0.5) is 5.69 Å². The highest BCUT2D eigenvalue weighted by molar-refractivity contribution is 7.92. The van der Waals surface area contributed by atoms with Crippen molar-refractivity contribution in [2.45, 2.75) is 22.6 Å². The van der Waals surface area contributed by atoms with Crippen LogP contribution in [0.1, 0.15) is 23.2 Å². The van der Waals surface area contributed by atoms with Crippen molar-refractivity contribution in [1.82, 2.24) is 9.21 Å². The Morgan fingerprint density at radius 3 is 2.11 bits per heavy atom. The number of hydrogen-bond acceptors (Lipinski definition) is 8. The number of benzene rings is 2. The highest BCUT2D eigenvalue weighted by atomic mass is 32.2. The normalized spacial score (nSPS) is 17.1. The summed E-state index contributed by atoms with van der Waals surface area (Å²) >= 11 is 0. The number of nitrogens with one attached hydrogen (secondary N) is 1. The minimum Gasteiger partial charge on any atom is -0.496 e. The third-order valence-electron chi connectivity index (χ3n) is 6.13. The van der Waals surface area contributed by atoms with Gasteiger partial charge in [-0.25, -0.2) is 16.8 Å². The minimum atomic E-state index is -4.23. The van der Waals surface area contributed by atoms with E-state index in [9.17, 15) is 21.6 Å². The van der Waals surface area contributed by atoms with Gasteiger partial charge in [-0.2, -0.15) is 4.31 Å². The maximum atomic E-state index is 13.3. The summed E-state index contributed by atoms with van der Waals surface area (Å²) in [5.74, 6) is 0.0160. The Hall–Kier alpha value is -2.87. The van der Waals surface area contributed by atoms with E-state index in [4.69, 9.17) is 14.2 Å². The smallest absolute Gasteiger partial charge is 0.262 e. The molecule has 2 aliphatic heterocycles. The number of morpholine rings is 1. The van der Waals surface area contributed by atoms with Crippen molar-refractivity contribution in [3.05, 3.63) is 42.0 Å². The third-order valence-corrected chi connectivity index (χ3v) is 9.39. The van der Waals surface area contributed by atoms with Gasteiger partial charge in [0.1, 0.15) is 11.5 Å². The van der Waals surface area contributed by atoms with E-state index in [1.165, 1.54) is 54.9 Å². The molecule has 2 aromatic rings. The van der Waals surface area contributed by atoms with Gasteiger partial charge in [0.15, 0.2) is 0 Å². The van der Waals surface area contributed by atoms with Gasteiger partial charge >= 0.3 is 0 Å². The molecule has 1 amide bonds. The van der Waals surface area contributed by atoms with E-state index in [2.05, 4.69) is 4.72 Å². The lowest BCUT2D eigenvalue weighted by atomic mass is 10.1. The molecule has 0 unspecified atom stereocenters. The van der Waals surface area contributed by atoms with Crippen LogP contribution >= 0.6 is 0 Å². The highest BCUT2D eigenvalue weighted by Crippen LogP contribution is 2.32. The van der Waals surface area contributed by atoms with Crippen molar-refractivity contribution < 1.29 is 35.8 Å². The van der Waals surface area contributed by atoms with Crippen LogP contribution < -0.4 is 14.2 Å². The van der Waals surface area contributed by atoms with Crippen LogP contribution in [0.25, 0.3) is 0 Å². The second-order valence-electron chi connectivity index (χ2n) is 8.35. The molecular formula is C23H29N3O8S2. The molecule has 13 heteroatoms. The lowest BCUT2D eigenvalue weighted by Gasteiger charge is -2.27. The Kier molecular flexibility index (Phi) is 7.73. The van der Waals surface area contributed by atoms with Crippen LogP contribution in [0.5, 0.6) is 11.5 Å². The lowest BCUT2D eigenvalue weighted by Crippen LogP contribution is -2.40. The second-order valence-corrected chi connectivity index (χ2v) is 12.0. The molecule has 1 N–H and O–H groups in total. The van der Waals surface area contributed by atoms with Crippen LogP contribution in [0.2, 0.25) is 0 Å². The summed E-state index contributed by atoms with van der Waals surface area (Å²) in [5, 5.41) is 0. The Balaban J connectivity index is 1.67. The van der Waals surface area contributed by atoms with Crippen molar-refractivity contribution in [2.75, 3.05) is 58.3 Å². The van der Waals surface area contributed by atoms with Gasteiger partial charge in [0.25, 0.3) is 15.9 Å². The van der Waals surface area contributed by atoms with Gasteiger partial charge < -0.3 is 19.1 Å². The van der Waals surface area contributed by atoms with E-state index < -0.39 is 20.0 Å². The maximum Gasteiger partial charge on any atom is 0.262 e. The molecule has 0 atom stereocenters. The number of rotatable bonds is 8. The van der Waals surface area contributed by atoms with Gasteiger partial charge in [0.2, 0.25) is 10.0 Å². The maximum absolute atomic E-state index is 13.3. The fourth-order valence-electron chi connectivity index (χ4n) is 4.17. The van der Waals surface area contributed by atoms with Crippen LogP contribution in [0.3, 0.4) is 0 Å². The Bertz CT molecular complexity index is 1330. The van der Waals surface area contributed by atoms with Gasteiger partial charge in [-0.15, -0.1) is 0 Å². The molecular weight excluding hydrogens is 510 g/mol. The molecule has 0 bridgehead atoms. The number of sulfonamides is 2. The topological polar surface area (TPSA) is 132 Å². The SMILES string of the molecule is COc1ccc(S(=O)(=O)N2CCCC2)cc1NS(=O)(=O)c1ccc(OC)c(C(=O)N2CCOCC2)c1. The molecule has 0 radical (unpaired) electrons. The molecule has 4 rings (SSSR count). The zero-order chi connectivity index (χ0) is 25.9. The molecule has 36 heavy (non-hydrogen) atoms. The minimum absolute atomic E-state index is 0.0327. The highest BCUT2D eigenvalue weighted by Gasteiger charge is 2.29. The molecule has 11 nitrogen and oxygen atoms in total. The number of amides is 1. The predicted octanol–water partition coefficient (Wildman–Crippen LogP) is 1.76. The van der Waals surface area contributed by atoms with Crippen molar-refractivity contribution >= 4 is 31.6 Å². The van der Waals surface area contributed by atoms with E-state index in [0.717, 1.165) is 12.8 Å². The number of methoxy groups -OCH3 is 2. The van der Waals surface area contributed by atoms with Crippen LogP contribution in [-0.2, 0) is 24.8 Å². The number of carbonyl (C=O) groups excluding carboxylic acids is 1. The lowest BCUT2D eigenvalue weighted by molar-refractivity contribution is 0.0300. The van der Waals surface area contributed by atoms with Gasteiger partial charge in [0.05, 0.1) is 48.5 Å². The molecule has 2 heterocycles. The first-order chi connectivity index (χ1) is 17.2. The second kappa shape index (κ2) is 10.6. The monoisotopic (exact) mass is 539 g/mol. The van der Waals surface area contributed by atoms with E-state index in [-0.39, 0.29) is 38.4 Å². The average Bonchev–Trinajstić information content (AvgIpc) is 3.44. The number of ether oxygens (including phenoxy) is 3. The van der Waals surface area contributed by atoms with Crippen LogP contribution in [0, 0.1) is 0 Å². The predicted molar refractivity (Wildman–Crippen MR) is 132 cm³/mol. The molecule has 2 aliphatic rings. The molecule has 196 valence electrons. The van der Waals surface area contributed by atoms with E-state index in [0.29, 0.717) is 39.4 Å². The summed E-state index contributed by atoms with van der Waals surface area (Å²) in [6.07, 6.45) is 1.55. The molecule has 0 spiro atoms. The average molecular weight is 540 g/mol. The van der Waals surface area contributed by atoms with Crippen LogP contribution in [-0.4, -0.2) is 85.6 Å².